The van der Waals surface area contributed by atoms with Crippen molar-refractivity contribution in [3.63, 3.8) is 0 Å². The molecule has 1 aromatic rings. The molecule has 106 valence electrons. The number of hydrogen-bond acceptors (Lipinski definition) is 3. The zero-order valence-corrected chi connectivity index (χ0v) is 10.9. The van der Waals surface area contributed by atoms with Gasteiger partial charge in [0.15, 0.2) is 0 Å². The summed E-state index contributed by atoms with van der Waals surface area (Å²) in [4.78, 5) is 1.73. The summed E-state index contributed by atoms with van der Waals surface area (Å²) in [7, 11) is 0. The zero-order valence-electron chi connectivity index (χ0n) is 10.9. The average molecular weight is 274 g/mol. The van der Waals surface area contributed by atoms with Gasteiger partial charge in [-0.05, 0) is 32.0 Å². The number of nitrogens with zero attached hydrogens (tertiary/aromatic N) is 1. The van der Waals surface area contributed by atoms with Gasteiger partial charge in [0, 0.05) is 24.0 Å². The maximum atomic E-state index is 13.1. The molecule has 0 aromatic heterocycles. The Morgan fingerprint density at radius 2 is 2.00 bits per heavy atom. The number of nitrogens with two attached hydrogens (primary N) is 1. The van der Waals surface area contributed by atoms with Crippen LogP contribution < -0.4 is 10.6 Å². The summed E-state index contributed by atoms with van der Waals surface area (Å²) in [5, 5.41) is 0. The molecule has 3 nitrogen and oxygen atoms in total. The third-order valence-corrected chi connectivity index (χ3v) is 3.24. The van der Waals surface area contributed by atoms with Gasteiger partial charge in [-0.3, -0.25) is 0 Å². The summed E-state index contributed by atoms with van der Waals surface area (Å²) in [6.07, 6.45) is -4.50. The molecule has 2 N–H and O–H groups in total. The molecular weight excluding hydrogens is 257 g/mol. The van der Waals surface area contributed by atoms with Crippen LogP contribution in [0, 0.1) is 0 Å². The maximum Gasteiger partial charge on any atom is 0.418 e. The molecule has 2 atom stereocenters. The molecule has 0 radical (unpaired) electrons. The lowest BCUT2D eigenvalue weighted by molar-refractivity contribution is -0.137. The molecule has 2 rings (SSSR count). The van der Waals surface area contributed by atoms with E-state index in [1.807, 2.05) is 13.8 Å². The van der Waals surface area contributed by atoms with Crippen molar-refractivity contribution in [2.24, 2.45) is 0 Å². The van der Waals surface area contributed by atoms with E-state index in [1.165, 1.54) is 12.1 Å². The maximum absolute atomic E-state index is 13.1. The molecule has 1 saturated heterocycles. The van der Waals surface area contributed by atoms with Crippen molar-refractivity contribution in [2.45, 2.75) is 32.2 Å². The zero-order chi connectivity index (χ0) is 14.2. The van der Waals surface area contributed by atoms with Crippen LogP contribution >= 0.6 is 0 Å². The smallest absolute Gasteiger partial charge is 0.399 e. The number of nitrogen functional groups attached to an aromatic ring is 1. The summed E-state index contributed by atoms with van der Waals surface area (Å²) in [6.45, 7) is 4.56. The predicted octanol–water partition coefficient (Wildman–Crippen LogP) is 2.90. The Balaban J connectivity index is 2.43. The van der Waals surface area contributed by atoms with E-state index in [4.69, 9.17) is 10.5 Å². The highest BCUT2D eigenvalue weighted by atomic mass is 19.4. The third-order valence-electron chi connectivity index (χ3n) is 3.24. The van der Waals surface area contributed by atoms with Gasteiger partial charge in [-0.25, -0.2) is 0 Å². The third kappa shape index (κ3) is 2.94. The van der Waals surface area contributed by atoms with Crippen LogP contribution in [0.25, 0.3) is 0 Å². The van der Waals surface area contributed by atoms with Crippen LogP contribution in [0.4, 0.5) is 24.5 Å². The van der Waals surface area contributed by atoms with Crippen LogP contribution in [-0.2, 0) is 10.9 Å². The van der Waals surface area contributed by atoms with Crippen molar-refractivity contribution < 1.29 is 17.9 Å². The summed E-state index contributed by atoms with van der Waals surface area (Å²) in [5.41, 5.74) is 5.07. The molecule has 0 spiro atoms. The van der Waals surface area contributed by atoms with Crippen LogP contribution in [0.5, 0.6) is 0 Å². The normalized spacial score (nSPS) is 24.6. The van der Waals surface area contributed by atoms with Crippen LogP contribution in [0.2, 0.25) is 0 Å². The molecule has 1 fully saturated rings. The first kappa shape index (κ1) is 14.0. The van der Waals surface area contributed by atoms with E-state index in [0.29, 0.717) is 13.2 Å². The minimum Gasteiger partial charge on any atom is -0.399 e. The molecule has 0 saturated carbocycles. The van der Waals surface area contributed by atoms with E-state index in [-0.39, 0.29) is 23.5 Å². The van der Waals surface area contributed by atoms with Crippen molar-refractivity contribution in [3.8, 4) is 0 Å². The number of rotatable bonds is 1. The van der Waals surface area contributed by atoms with Gasteiger partial charge in [0.1, 0.15) is 0 Å². The van der Waals surface area contributed by atoms with Crippen molar-refractivity contribution in [1.82, 2.24) is 0 Å². The Labute approximate surface area is 110 Å². The van der Waals surface area contributed by atoms with E-state index in [1.54, 1.807) is 4.90 Å². The molecule has 1 aliphatic rings. The molecule has 1 aliphatic heterocycles. The van der Waals surface area contributed by atoms with Crippen molar-refractivity contribution in [2.75, 3.05) is 23.8 Å². The lowest BCUT2D eigenvalue weighted by Crippen LogP contribution is -2.48. The number of hydrogen-bond donors (Lipinski definition) is 1. The van der Waals surface area contributed by atoms with E-state index in [0.717, 1.165) is 6.07 Å². The van der Waals surface area contributed by atoms with Crippen LogP contribution in [0.3, 0.4) is 0 Å². The number of morpholine rings is 1. The minimum atomic E-state index is -4.41. The first-order valence-corrected chi connectivity index (χ1v) is 6.14. The molecule has 0 bridgehead atoms. The number of halogens is 3. The van der Waals surface area contributed by atoms with Gasteiger partial charge >= 0.3 is 6.18 Å². The van der Waals surface area contributed by atoms with Gasteiger partial charge < -0.3 is 15.4 Å². The standard InChI is InChI=1S/C13H17F3N2O/c1-8-7-19-9(2)6-18(8)12-4-3-10(17)5-11(12)13(14,15)16/h3-5,8-9H,6-7,17H2,1-2H3. The molecule has 0 aliphatic carbocycles. The Morgan fingerprint density at radius 1 is 1.32 bits per heavy atom. The molecular formula is C13H17F3N2O. The molecule has 0 amide bonds. The molecule has 2 unspecified atom stereocenters. The van der Waals surface area contributed by atoms with Crippen LogP contribution in [0.15, 0.2) is 18.2 Å². The van der Waals surface area contributed by atoms with E-state index >= 15 is 0 Å². The average Bonchev–Trinajstić information content (AvgIpc) is 2.31. The summed E-state index contributed by atoms with van der Waals surface area (Å²) in [6, 6.07) is 3.83. The Hall–Kier alpha value is -1.43. The topological polar surface area (TPSA) is 38.5 Å². The fourth-order valence-electron chi connectivity index (χ4n) is 2.27. The lowest BCUT2D eigenvalue weighted by atomic mass is 10.1. The van der Waals surface area contributed by atoms with Crippen LogP contribution in [-0.4, -0.2) is 25.3 Å². The van der Waals surface area contributed by atoms with Gasteiger partial charge in [-0.15, -0.1) is 0 Å². The molecule has 1 aromatic carbocycles. The highest BCUT2D eigenvalue weighted by molar-refractivity contribution is 5.61. The largest absolute Gasteiger partial charge is 0.418 e. The van der Waals surface area contributed by atoms with Gasteiger partial charge in [-0.1, -0.05) is 0 Å². The first-order chi connectivity index (χ1) is 8.79. The number of anilines is 2. The second kappa shape index (κ2) is 4.92. The molecule has 19 heavy (non-hydrogen) atoms. The monoisotopic (exact) mass is 274 g/mol. The quantitative estimate of drug-likeness (QED) is 0.800. The van der Waals surface area contributed by atoms with Crippen molar-refractivity contribution >= 4 is 11.4 Å². The van der Waals surface area contributed by atoms with E-state index in [2.05, 4.69) is 0 Å². The van der Waals surface area contributed by atoms with Crippen LogP contribution in [0.1, 0.15) is 19.4 Å². The first-order valence-electron chi connectivity index (χ1n) is 6.14. The highest BCUT2D eigenvalue weighted by Gasteiger charge is 2.37. The van der Waals surface area contributed by atoms with Gasteiger partial charge in [0.25, 0.3) is 0 Å². The molecule has 1 heterocycles. The van der Waals surface area contributed by atoms with Crippen molar-refractivity contribution in [1.29, 1.82) is 0 Å². The summed E-state index contributed by atoms with van der Waals surface area (Å²) >= 11 is 0. The summed E-state index contributed by atoms with van der Waals surface area (Å²) < 4.78 is 44.7. The van der Waals surface area contributed by atoms with Gasteiger partial charge in [0.05, 0.1) is 18.3 Å². The fourth-order valence-corrected chi connectivity index (χ4v) is 2.27. The number of ether oxygens (including phenoxy) is 1. The number of alkyl halides is 3. The molecule has 6 heteroatoms. The van der Waals surface area contributed by atoms with Gasteiger partial charge in [-0.2, -0.15) is 13.2 Å². The van der Waals surface area contributed by atoms with Gasteiger partial charge in [0.2, 0.25) is 0 Å². The predicted molar refractivity (Wildman–Crippen MR) is 68.1 cm³/mol. The van der Waals surface area contributed by atoms with Crippen molar-refractivity contribution in [3.05, 3.63) is 23.8 Å². The summed E-state index contributed by atoms with van der Waals surface area (Å²) in [5.74, 6) is 0. The SMILES string of the molecule is CC1CN(c2ccc(N)cc2C(F)(F)F)C(C)CO1. The second-order valence-electron chi connectivity index (χ2n) is 4.92. The number of benzene rings is 1. The Bertz CT molecular complexity index is 462. The van der Waals surface area contributed by atoms with E-state index in [9.17, 15) is 13.2 Å². The lowest BCUT2D eigenvalue weighted by Gasteiger charge is -2.39. The Morgan fingerprint density at radius 3 is 2.63 bits per heavy atom. The Kier molecular flexibility index (Phi) is 3.62. The minimum absolute atomic E-state index is 0.0881. The second-order valence-corrected chi connectivity index (χ2v) is 4.92. The highest BCUT2D eigenvalue weighted by Crippen LogP contribution is 2.39. The fraction of sp³-hybridized carbons (Fsp3) is 0.538. The van der Waals surface area contributed by atoms with E-state index < -0.39 is 11.7 Å².